The van der Waals surface area contributed by atoms with Crippen LogP contribution in [0.1, 0.15) is 50.9 Å². The first-order valence-electron chi connectivity index (χ1n) is 6.96. The Morgan fingerprint density at radius 3 is 2.76 bits per heavy atom. The minimum atomic E-state index is 0.637. The van der Waals surface area contributed by atoms with Gasteiger partial charge in [-0.3, -0.25) is 4.68 Å². The molecular weight excluding hydrogens is 210 g/mol. The summed E-state index contributed by atoms with van der Waals surface area (Å²) in [6.07, 6.45) is 6.66. The van der Waals surface area contributed by atoms with E-state index in [1.165, 1.54) is 37.1 Å². The molecule has 0 bridgehead atoms. The Kier molecular flexibility index (Phi) is 4.21. The summed E-state index contributed by atoms with van der Waals surface area (Å²) in [6.45, 7) is 5.43. The Balaban J connectivity index is 1.85. The second kappa shape index (κ2) is 5.67. The predicted octanol–water partition coefficient (Wildman–Crippen LogP) is 2.65. The summed E-state index contributed by atoms with van der Waals surface area (Å²) < 4.78 is 2.01. The van der Waals surface area contributed by atoms with Gasteiger partial charge in [0.2, 0.25) is 0 Å². The van der Waals surface area contributed by atoms with Gasteiger partial charge in [0, 0.05) is 19.6 Å². The van der Waals surface area contributed by atoms with Crippen molar-refractivity contribution in [2.75, 3.05) is 0 Å². The maximum Gasteiger partial charge on any atom is 0.0625 e. The van der Waals surface area contributed by atoms with Crippen molar-refractivity contribution in [3.63, 3.8) is 0 Å². The molecule has 1 atom stereocenters. The predicted molar refractivity (Wildman–Crippen MR) is 70.8 cm³/mol. The van der Waals surface area contributed by atoms with E-state index in [0.717, 1.165) is 18.9 Å². The van der Waals surface area contributed by atoms with Crippen molar-refractivity contribution < 1.29 is 0 Å². The average Bonchev–Trinajstić information content (AvgIpc) is 2.95. The van der Waals surface area contributed by atoms with E-state index in [-0.39, 0.29) is 0 Å². The number of nitrogens with zero attached hydrogens (tertiary/aromatic N) is 2. The summed E-state index contributed by atoms with van der Waals surface area (Å²) in [6, 6.07) is 2.85. The highest BCUT2D eigenvalue weighted by Crippen LogP contribution is 2.27. The van der Waals surface area contributed by atoms with E-state index in [1.54, 1.807) is 0 Å². The molecule has 3 nitrogen and oxygen atoms in total. The van der Waals surface area contributed by atoms with E-state index < -0.39 is 0 Å². The molecule has 1 aliphatic carbocycles. The third-order valence-electron chi connectivity index (χ3n) is 4.10. The van der Waals surface area contributed by atoms with Crippen molar-refractivity contribution >= 4 is 0 Å². The molecule has 0 aliphatic heterocycles. The van der Waals surface area contributed by atoms with Crippen LogP contribution in [-0.4, -0.2) is 15.8 Å². The largest absolute Gasteiger partial charge is 0.308 e. The number of hydrogen-bond acceptors (Lipinski definition) is 2. The molecule has 1 saturated carbocycles. The van der Waals surface area contributed by atoms with Crippen molar-refractivity contribution in [2.24, 2.45) is 13.0 Å². The maximum absolute atomic E-state index is 4.48. The average molecular weight is 235 g/mol. The fraction of sp³-hybridized carbons (Fsp3) is 0.786. The van der Waals surface area contributed by atoms with Crippen molar-refractivity contribution in [1.82, 2.24) is 15.1 Å². The molecule has 96 valence electrons. The van der Waals surface area contributed by atoms with Crippen LogP contribution >= 0.6 is 0 Å². The Bertz CT molecular complexity index is 350. The lowest BCUT2D eigenvalue weighted by atomic mass is 10.00. The third-order valence-corrected chi connectivity index (χ3v) is 4.10. The number of rotatable bonds is 5. The highest BCUT2D eigenvalue weighted by molar-refractivity contribution is 5.10. The van der Waals surface area contributed by atoms with Crippen molar-refractivity contribution in [3.8, 4) is 0 Å². The van der Waals surface area contributed by atoms with Gasteiger partial charge >= 0.3 is 0 Å². The SMILES string of the molecule is CCc1cc(CNC(C)C2CCCC2)n(C)n1. The monoisotopic (exact) mass is 235 g/mol. The smallest absolute Gasteiger partial charge is 0.0625 e. The molecule has 0 saturated heterocycles. The summed E-state index contributed by atoms with van der Waals surface area (Å²) in [7, 11) is 2.04. The zero-order chi connectivity index (χ0) is 12.3. The Labute approximate surface area is 105 Å². The minimum absolute atomic E-state index is 0.637. The molecule has 1 aromatic rings. The second-order valence-corrected chi connectivity index (χ2v) is 5.32. The quantitative estimate of drug-likeness (QED) is 0.850. The van der Waals surface area contributed by atoms with Crippen molar-refractivity contribution in [3.05, 3.63) is 17.5 Å². The van der Waals surface area contributed by atoms with E-state index in [1.807, 2.05) is 11.7 Å². The molecular formula is C14H25N3. The number of hydrogen-bond donors (Lipinski definition) is 1. The fourth-order valence-corrected chi connectivity index (χ4v) is 2.80. The first-order valence-corrected chi connectivity index (χ1v) is 6.96. The van der Waals surface area contributed by atoms with Crippen LogP contribution in [0, 0.1) is 5.92 Å². The van der Waals surface area contributed by atoms with Gasteiger partial charge < -0.3 is 5.32 Å². The molecule has 3 heteroatoms. The molecule has 0 spiro atoms. The molecule has 0 amide bonds. The molecule has 1 aliphatic rings. The van der Waals surface area contributed by atoms with E-state index in [2.05, 4.69) is 30.3 Å². The lowest BCUT2D eigenvalue weighted by Crippen LogP contribution is -2.32. The zero-order valence-corrected chi connectivity index (χ0v) is 11.4. The van der Waals surface area contributed by atoms with Gasteiger partial charge in [0.1, 0.15) is 0 Å². The molecule has 1 unspecified atom stereocenters. The summed E-state index contributed by atoms with van der Waals surface area (Å²) in [5.74, 6) is 0.883. The molecule has 1 heterocycles. The van der Waals surface area contributed by atoms with Gasteiger partial charge in [-0.2, -0.15) is 5.10 Å². The number of nitrogens with one attached hydrogen (secondary N) is 1. The normalized spacial score (nSPS) is 18.8. The van der Waals surface area contributed by atoms with Crippen LogP contribution < -0.4 is 5.32 Å². The second-order valence-electron chi connectivity index (χ2n) is 5.32. The highest BCUT2D eigenvalue weighted by atomic mass is 15.3. The van der Waals surface area contributed by atoms with E-state index in [4.69, 9.17) is 0 Å². The minimum Gasteiger partial charge on any atom is -0.308 e. The molecule has 17 heavy (non-hydrogen) atoms. The molecule has 1 fully saturated rings. The van der Waals surface area contributed by atoms with E-state index in [0.29, 0.717) is 6.04 Å². The summed E-state index contributed by atoms with van der Waals surface area (Å²) in [5.41, 5.74) is 2.49. The van der Waals surface area contributed by atoms with Gasteiger partial charge in [-0.15, -0.1) is 0 Å². The van der Waals surface area contributed by atoms with Crippen LogP contribution in [0.15, 0.2) is 6.07 Å². The topological polar surface area (TPSA) is 29.9 Å². The Morgan fingerprint density at radius 2 is 2.18 bits per heavy atom. The standard InChI is InChI=1S/C14H25N3/c1-4-13-9-14(17(3)16-13)10-15-11(2)12-7-5-6-8-12/h9,11-12,15H,4-8,10H2,1-3H3. The first-order chi connectivity index (χ1) is 8.20. The highest BCUT2D eigenvalue weighted by Gasteiger charge is 2.21. The number of aryl methyl sites for hydroxylation is 2. The molecule has 1 aromatic heterocycles. The van der Waals surface area contributed by atoms with Crippen LogP contribution in [0.3, 0.4) is 0 Å². The summed E-state index contributed by atoms with van der Waals surface area (Å²) in [5, 5.41) is 8.14. The van der Waals surface area contributed by atoms with E-state index >= 15 is 0 Å². The van der Waals surface area contributed by atoms with Gasteiger partial charge in [0.15, 0.2) is 0 Å². The third kappa shape index (κ3) is 3.09. The Morgan fingerprint density at radius 1 is 1.47 bits per heavy atom. The van der Waals surface area contributed by atoms with E-state index in [9.17, 15) is 0 Å². The van der Waals surface area contributed by atoms with Crippen molar-refractivity contribution in [2.45, 2.75) is 58.5 Å². The van der Waals surface area contributed by atoms with Gasteiger partial charge in [0.25, 0.3) is 0 Å². The molecule has 0 radical (unpaired) electrons. The summed E-state index contributed by atoms with van der Waals surface area (Å²) >= 11 is 0. The van der Waals surface area contributed by atoms with Gasteiger partial charge in [-0.05, 0) is 38.2 Å². The molecule has 1 N–H and O–H groups in total. The van der Waals surface area contributed by atoms with Crippen molar-refractivity contribution in [1.29, 1.82) is 0 Å². The first kappa shape index (κ1) is 12.6. The fourth-order valence-electron chi connectivity index (χ4n) is 2.80. The Hall–Kier alpha value is -0.830. The summed E-state index contributed by atoms with van der Waals surface area (Å²) in [4.78, 5) is 0. The van der Waals surface area contributed by atoms with Crippen LogP contribution in [0.5, 0.6) is 0 Å². The van der Waals surface area contributed by atoms with Crippen LogP contribution in [0.2, 0.25) is 0 Å². The van der Waals surface area contributed by atoms with Gasteiger partial charge in [-0.25, -0.2) is 0 Å². The van der Waals surface area contributed by atoms with Gasteiger partial charge in [-0.1, -0.05) is 19.8 Å². The molecule has 2 rings (SSSR count). The van der Waals surface area contributed by atoms with Gasteiger partial charge in [0.05, 0.1) is 11.4 Å². The molecule has 0 aromatic carbocycles. The number of aromatic nitrogens is 2. The van der Waals surface area contributed by atoms with Crippen LogP contribution in [0.4, 0.5) is 0 Å². The lowest BCUT2D eigenvalue weighted by molar-refractivity contribution is 0.376. The zero-order valence-electron chi connectivity index (χ0n) is 11.4. The lowest BCUT2D eigenvalue weighted by Gasteiger charge is -2.20. The van der Waals surface area contributed by atoms with Crippen LogP contribution in [0.25, 0.3) is 0 Å². The van der Waals surface area contributed by atoms with Crippen LogP contribution in [-0.2, 0) is 20.0 Å². The maximum atomic E-state index is 4.48.